The number of rotatable bonds is 11. The van der Waals surface area contributed by atoms with Crippen LogP contribution >= 0.6 is 0 Å². The molecule has 0 unspecified atom stereocenters. The average molecular weight is 785 g/mol. The maximum Gasteiger partial charge on any atom is 0.344 e. The highest BCUT2D eigenvalue weighted by Gasteiger charge is 2.40. The van der Waals surface area contributed by atoms with Gasteiger partial charge in [-0.2, -0.15) is 0 Å². The van der Waals surface area contributed by atoms with E-state index in [0.29, 0.717) is 18.2 Å². The normalized spacial score (nSPS) is 13.7. The highest BCUT2D eigenvalue weighted by atomic mass is 16.6. The summed E-state index contributed by atoms with van der Waals surface area (Å²) in [6.45, 7) is -1.22. The third-order valence-corrected chi connectivity index (χ3v) is 8.34. The molecule has 0 fully saturated rings. The summed E-state index contributed by atoms with van der Waals surface area (Å²) in [5, 5.41) is 121. The van der Waals surface area contributed by atoms with Gasteiger partial charge in [-0.1, -0.05) is 0 Å². The van der Waals surface area contributed by atoms with Gasteiger partial charge in [0.2, 0.25) is 23.0 Å². The number of aldehydes is 1. The monoisotopic (exact) mass is 784 g/mol. The molecule has 0 spiro atoms. The Morgan fingerprint density at radius 1 is 0.661 bits per heavy atom. The first kappa shape index (κ1) is 38.0. The second-order valence-corrected chi connectivity index (χ2v) is 11.8. The number of hydrogen-bond acceptors (Lipinski definition) is 22. The van der Waals surface area contributed by atoms with Crippen molar-refractivity contribution in [3.8, 4) is 63.2 Å². The summed E-state index contributed by atoms with van der Waals surface area (Å²) in [7, 11) is 0. The summed E-state index contributed by atoms with van der Waals surface area (Å²) < 4.78 is 25.8. The van der Waals surface area contributed by atoms with E-state index in [9.17, 15) is 85.3 Å². The van der Waals surface area contributed by atoms with Crippen LogP contribution in [0.3, 0.4) is 0 Å². The number of carbonyl (C=O) groups is 3. The summed E-state index contributed by atoms with van der Waals surface area (Å²) in [6, 6.07) is 3.08. The number of phenols is 9. The van der Waals surface area contributed by atoms with E-state index in [4.69, 9.17) is 23.0 Å². The Morgan fingerprint density at radius 2 is 1.20 bits per heavy atom. The van der Waals surface area contributed by atoms with Crippen molar-refractivity contribution in [1.29, 1.82) is 0 Å². The highest BCUT2D eigenvalue weighted by molar-refractivity contribution is 6.22. The molecule has 0 bridgehead atoms. The molecule has 6 rings (SSSR count). The zero-order valence-electron chi connectivity index (χ0n) is 27.4. The number of aliphatic hydroxyl groups excluding tert-OH is 3. The fourth-order valence-electron chi connectivity index (χ4n) is 5.57. The van der Waals surface area contributed by atoms with E-state index in [1.807, 2.05) is 0 Å². The van der Waals surface area contributed by atoms with E-state index in [-0.39, 0.29) is 17.1 Å². The minimum Gasteiger partial charge on any atom is -0.504 e. The molecule has 0 radical (unpaired) electrons. The molecule has 292 valence electrons. The van der Waals surface area contributed by atoms with Crippen LogP contribution in [0, 0.1) is 0 Å². The second kappa shape index (κ2) is 13.9. The molecule has 0 saturated heterocycles. The molecule has 12 N–H and O–H groups in total. The highest BCUT2D eigenvalue weighted by Crippen LogP contribution is 2.50. The van der Waals surface area contributed by atoms with Gasteiger partial charge in [-0.3, -0.25) is 4.79 Å². The SMILES string of the molecule is O=C[C@H](OC(=O)c1cc(O)c(O)c(O)c1Oc1cc2c(=O)oc3c(O)c(O)cc4c(=O)oc(c1O)c2c34)[C@@H](OC(=O)c1cc(O)c(O)c(O)c1)[C@H](O)[C@H](O)CO. The van der Waals surface area contributed by atoms with Crippen molar-refractivity contribution in [1.82, 2.24) is 0 Å². The summed E-state index contributed by atoms with van der Waals surface area (Å²) in [6.07, 6.45) is -9.77. The summed E-state index contributed by atoms with van der Waals surface area (Å²) >= 11 is 0. The van der Waals surface area contributed by atoms with E-state index in [0.717, 1.165) is 12.1 Å². The molecule has 4 atom stereocenters. The molecule has 0 aliphatic rings. The molecule has 0 aliphatic carbocycles. The average Bonchev–Trinajstić information content (AvgIpc) is 3.16. The number of esters is 2. The smallest absolute Gasteiger partial charge is 0.344 e. The molecule has 0 saturated carbocycles. The predicted molar refractivity (Wildman–Crippen MR) is 179 cm³/mol. The summed E-state index contributed by atoms with van der Waals surface area (Å²) in [4.78, 5) is 64.7. The van der Waals surface area contributed by atoms with Gasteiger partial charge >= 0.3 is 23.2 Å². The van der Waals surface area contributed by atoms with Gasteiger partial charge in [0.1, 0.15) is 17.8 Å². The lowest BCUT2D eigenvalue weighted by Crippen LogP contribution is -2.50. The van der Waals surface area contributed by atoms with Crippen LogP contribution < -0.4 is 16.0 Å². The molecule has 22 heteroatoms. The zero-order chi connectivity index (χ0) is 41.1. The van der Waals surface area contributed by atoms with E-state index in [1.54, 1.807) is 0 Å². The first-order chi connectivity index (χ1) is 26.4. The molecular formula is C34H24O22. The van der Waals surface area contributed by atoms with E-state index in [1.165, 1.54) is 0 Å². The maximum absolute atomic E-state index is 13.6. The van der Waals surface area contributed by atoms with Crippen molar-refractivity contribution >= 4 is 50.9 Å². The van der Waals surface area contributed by atoms with Crippen LogP contribution in [0.1, 0.15) is 20.7 Å². The first-order valence-corrected chi connectivity index (χ1v) is 15.4. The molecule has 0 aliphatic heterocycles. The van der Waals surface area contributed by atoms with Gasteiger partial charge < -0.3 is 84.3 Å². The van der Waals surface area contributed by atoms with Crippen molar-refractivity contribution in [3.63, 3.8) is 0 Å². The van der Waals surface area contributed by atoms with Gasteiger partial charge in [-0.15, -0.1) is 0 Å². The lowest BCUT2D eigenvalue weighted by atomic mass is 10.0. The van der Waals surface area contributed by atoms with Gasteiger partial charge in [-0.05, 0) is 18.2 Å². The number of carbonyl (C=O) groups excluding carboxylic acids is 3. The molecule has 2 aromatic heterocycles. The summed E-state index contributed by atoms with van der Waals surface area (Å²) in [5.41, 5.74) is -5.81. The van der Waals surface area contributed by atoms with Gasteiger partial charge in [0.15, 0.2) is 69.9 Å². The van der Waals surface area contributed by atoms with Crippen LogP contribution in [0.15, 0.2) is 48.8 Å². The van der Waals surface area contributed by atoms with Crippen LogP contribution in [0.4, 0.5) is 0 Å². The Balaban J connectivity index is 1.43. The van der Waals surface area contributed by atoms with Gasteiger partial charge in [-0.25, -0.2) is 19.2 Å². The maximum atomic E-state index is 13.6. The fourth-order valence-corrected chi connectivity index (χ4v) is 5.57. The Kier molecular flexibility index (Phi) is 9.47. The lowest BCUT2D eigenvalue weighted by molar-refractivity contribution is -0.139. The number of aliphatic hydroxyl groups is 3. The Hall–Kier alpha value is -7.69. The molecular weight excluding hydrogens is 760 g/mol. The van der Waals surface area contributed by atoms with Crippen molar-refractivity contribution in [2.75, 3.05) is 6.61 Å². The number of phenolic OH excluding ortho intramolecular Hbond substituents is 9. The fraction of sp³-hybridized carbons (Fsp3) is 0.147. The Morgan fingerprint density at radius 3 is 1.77 bits per heavy atom. The van der Waals surface area contributed by atoms with Crippen LogP contribution in [0.2, 0.25) is 0 Å². The van der Waals surface area contributed by atoms with E-state index < -0.39 is 151 Å². The predicted octanol–water partition coefficient (Wildman–Crippen LogP) is 0.297. The number of hydrogen-bond donors (Lipinski definition) is 12. The quantitative estimate of drug-likeness (QED) is 0.0276. The molecule has 0 amide bonds. The van der Waals surface area contributed by atoms with E-state index >= 15 is 0 Å². The van der Waals surface area contributed by atoms with Crippen LogP contribution in [-0.2, 0) is 14.3 Å². The van der Waals surface area contributed by atoms with Crippen LogP contribution in [-0.4, -0.2) is 111 Å². The molecule has 22 nitrogen and oxygen atoms in total. The van der Waals surface area contributed by atoms with Gasteiger partial charge in [0, 0.05) is 22.9 Å². The van der Waals surface area contributed by atoms with Crippen molar-refractivity contribution in [3.05, 3.63) is 62.3 Å². The number of ether oxygens (including phenoxy) is 3. The Bertz CT molecular complexity index is 2690. The minimum atomic E-state index is -2.46. The molecule has 6 aromatic rings. The van der Waals surface area contributed by atoms with Crippen LogP contribution in [0.5, 0.6) is 63.2 Å². The second-order valence-electron chi connectivity index (χ2n) is 11.8. The standard InChI is InChI=1S/C34H24O22/c35-6-16(41)24(45)28(54-31(48)8-1-12(37)21(42)13(38)2-8)18(7-36)53-34(51)11-4-14(39)22(43)26(47)27(11)52-17-5-10-20-19-9(32(49)56-30(20)25(17)46)3-15(40)23(44)29(19)55-33(10)50/h1-5,7,16,18,24,28,35,37-47H,6H2/t16-,18+,24-,28-/m1/s1. The van der Waals surface area contributed by atoms with Crippen LogP contribution in [0.25, 0.3) is 32.7 Å². The molecule has 56 heavy (non-hydrogen) atoms. The van der Waals surface area contributed by atoms with Crippen molar-refractivity contribution in [2.45, 2.75) is 24.4 Å². The van der Waals surface area contributed by atoms with Crippen molar-refractivity contribution in [2.24, 2.45) is 0 Å². The number of aromatic hydroxyl groups is 9. The molecule has 4 aromatic carbocycles. The molecule has 2 heterocycles. The first-order valence-electron chi connectivity index (χ1n) is 15.4. The van der Waals surface area contributed by atoms with Gasteiger partial charge in [0.25, 0.3) is 0 Å². The largest absolute Gasteiger partial charge is 0.504 e. The topological polar surface area (TPSA) is 382 Å². The Labute approximate surface area is 306 Å². The third-order valence-electron chi connectivity index (χ3n) is 8.34. The van der Waals surface area contributed by atoms with E-state index in [2.05, 4.69) is 0 Å². The summed E-state index contributed by atoms with van der Waals surface area (Å²) in [5.74, 6) is -15.6. The zero-order valence-corrected chi connectivity index (χ0v) is 27.4. The third kappa shape index (κ3) is 6.15. The number of benzene rings is 4. The van der Waals surface area contributed by atoms with Crippen molar-refractivity contribution < 1.29 is 98.7 Å². The van der Waals surface area contributed by atoms with Gasteiger partial charge in [0.05, 0.1) is 22.9 Å². The lowest BCUT2D eigenvalue weighted by Gasteiger charge is -2.29. The minimum absolute atomic E-state index is 0.251.